The van der Waals surface area contributed by atoms with E-state index in [2.05, 4.69) is 43.4 Å². The molecule has 1 aliphatic rings. The van der Waals surface area contributed by atoms with E-state index in [1.807, 2.05) is 11.3 Å². The first-order valence-electron chi connectivity index (χ1n) is 7.56. The summed E-state index contributed by atoms with van der Waals surface area (Å²) in [5.41, 5.74) is 4.00. The van der Waals surface area contributed by atoms with E-state index in [1.165, 1.54) is 52.4 Å². The van der Waals surface area contributed by atoms with Crippen LogP contribution in [0.2, 0.25) is 0 Å². The van der Waals surface area contributed by atoms with Crippen molar-refractivity contribution in [1.82, 2.24) is 10.3 Å². The highest BCUT2D eigenvalue weighted by Crippen LogP contribution is 2.32. The van der Waals surface area contributed by atoms with Crippen LogP contribution in [0.25, 0.3) is 0 Å². The summed E-state index contributed by atoms with van der Waals surface area (Å²) in [4.78, 5) is 6.45. The molecule has 20 heavy (non-hydrogen) atoms. The Labute approximate surface area is 125 Å². The summed E-state index contributed by atoms with van der Waals surface area (Å²) in [7, 11) is 0. The smallest absolute Gasteiger partial charge is 0.115 e. The Morgan fingerprint density at radius 2 is 2.15 bits per heavy atom. The summed E-state index contributed by atoms with van der Waals surface area (Å²) >= 11 is 1.91. The molecule has 1 aliphatic carbocycles. The number of nitrogens with zero attached hydrogens (tertiary/aromatic N) is 1. The second-order valence-corrected chi connectivity index (χ2v) is 6.65. The van der Waals surface area contributed by atoms with Gasteiger partial charge in [0.2, 0.25) is 0 Å². The van der Waals surface area contributed by atoms with Gasteiger partial charge in [0, 0.05) is 4.88 Å². The third-order valence-corrected chi connectivity index (χ3v) is 5.12. The van der Waals surface area contributed by atoms with Crippen LogP contribution in [0.15, 0.2) is 24.3 Å². The molecule has 1 unspecified atom stereocenters. The Hall–Kier alpha value is -1.19. The number of hydrogen-bond acceptors (Lipinski definition) is 3. The van der Waals surface area contributed by atoms with Crippen molar-refractivity contribution in [3.8, 4) is 0 Å². The van der Waals surface area contributed by atoms with Gasteiger partial charge in [-0.25, -0.2) is 4.98 Å². The predicted molar refractivity (Wildman–Crippen MR) is 85.5 cm³/mol. The number of fused-ring (bicyclic) bond motifs is 1. The van der Waals surface area contributed by atoms with Crippen LogP contribution in [0.1, 0.15) is 52.5 Å². The highest BCUT2D eigenvalue weighted by atomic mass is 32.1. The van der Waals surface area contributed by atoms with Crippen LogP contribution in [0.5, 0.6) is 0 Å². The molecular weight excluding hydrogens is 264 g/mol. The molecule has 0 spiro atoms. The molecule has 0 saturated heterocycles. The first-order chi connectivity index (χ1) is 9.78. The largest absolute Gasteiger partial charge is 0.305 e. The monoisotopic (exact) mass is 286 g/mol. The van der Waals surface area contributed by atoms with Gasteiger partial charge in [0.05, 0.1) is 11.7 Å². The van der Waals surface area contributed by atoms with Gasteiger partial charge in [-0.1, -0.05) is 36.8 Å². The maximum absolute atomic E-state index is 4.93. The minimum atomic E-state index is 0.246. The lowest BCUT2D eigenvalue weighted by molar-refractivity contribution is 0.620. The normalized spacial score (nSPS) is 15.9. The van der Waals surface area contributed by atoms with Crippen LogP contribution >= 0.6 is 11.3 Å². The van der Waals surface area contributed by atoms with E-state index in [0.717, 1.165) is 6.54 Å². The van der Waals surface area contributed by atoms with Crippen LogP contribution in [0.3, 0.4) is 0 Å². The molecule has 0 fully saturated rings. The van der Waals surface area contributed by atoms with Crippen LogP contribution in [-0.4, -0.2) is 11.5 Å². The number of hydrogen-bond donors (Lipinski definition) is 1. The van der Waals surface area contributed by atoms with E-state index in [0.29, 0.717) is 0 Å². The highest BCUT2D eigenvalue weighted by molar-refractivity contribution is 7.11. The Balaban J connectivity index is 1.95. The molecule has 2 aromatic rings. The van der Waals surface area contributed by atoms with E-state index in [4.69, 9.17) is 4.98 Å². The SMILES string of the molecule is CCNC(c1cccc(C)c1)c1nc2c(s1)CCCC2. The zero-order chi connectivity index (χ0) is 13.9. The Morgan fingerprint density at radius 3 is 2.90 bits per heavy atom. The predicted octanol–water partition coefficient (Wildman–Crippen LogP) is 4.03. The topological polar surface area (TPSA) is 24.9 Å². The van der Waals surface area contributed by atoms with Crippen molar-refractivity contribution in [3.05, 3.63) is 51.0 Å². The lowest BCUT2D eigenvalue weighted by Crippen LogP contribution is -2.22. The van der Waals surface area contributed by atoms with Gasteiger partial charge in [0.15, 0.2) is 0 Å². The molecule has 0 amide bonds. The molecule has 0 radical (unpaired) electrons. The second kappa shape index (κ2) is 6.06. The first-order valence-corrected chi connectivity index (χ1v) is 8.38. The average Bonchev–Trinajstić information content (AvgIpc) is 2.88. The van der Waals surface area contributed by atoms with Gasteiger partial charge in [0.25, 0.3) is 0 Å². The fourth-order valence-corrected chi connectivity index (χ4v) is 4.15. The van der Waals surface area contributed by atoms with Crippen molar-refractivity contribution in [2.75, 3.05) is 6.54 Å². The number of aryl methyl sites for hydroxylation is 3. The average molecular weight is 286 g/mol. The van der Waals surface area contributed by atoms with Crippen molar-refractivity contribution in [3.63, 3.8) is 0 Å². The summed E-state index contributed by atoms with van der Waals surface area (Å²) in [6, 6.07) is 9.02. The van der Waals surface area contributed by atoms with Crippen LogP contribution in [-0.2, 0) is 12.8 Å². The molecule has 3 heteroatoms. The third kappa shape index (κ3) is 2.79. The summed E-state index contributed by atoms with van der Waals surface area (Å²) < 4.78 is 0. The molecule has 0 aliphatic heterocycles. The quantitative estimate of drug-likeness (QED) is 0.918. The fourth-order valence-electron chi connectivity index (χ4n) is 2.90. The van der Waals surface area contributed by atoms with Gasteiger partial charge in [-0.3, -0.25) is 0 Å². The van der Waals surface area contributed by atoms with Gasteiger partial charge in [-0.05, 0) is 44.7 Å². The van der Waals surface area contributed by atoms with Crippen molar-refractivity contribution < 1.29 is 0 Å². The lowest BCUT2D eigenvalue weighted by Gasteiger charge is -2.16. The van der Waals surface area contributed by atoms with E-state index < -0.39 is 0 Å². The molecule has 1 atom stereocenters. The van der Waals surface area contributed by atoms with E-state index in [-0.39, 0.29) is 6.04 Å². The molecule has 3 rings (SSSR count). The van der Waals surface area contributed by atoms with Gasteiger partial charge < -0.3 is 5.32 Å². The molecule has 0 saturated carbocycles. The zero-order valence-electron chi connectivity index (χ0n) is 12.3. The minimum Gasteiger partial charge on any atom is -0.305 e. The molecule has 0 bridgehead atoms. The summed E-state index contributed by atoms with van der Waals surface area (Å²) in [6.07, 6.45) is 5.01. The maximum atomic E-state index is 4.93. The van der Waals surface area contributed by atoms with Crippen LogP contribution in [0, 0.1) is 6.92 Å². The van der Waals surface area contributed by atoms with Crippen LogP contribution < -0.4 is 5.32 Å². The first kappa shape index (κ1) is 13.8. The van der Waals surface area contributed by atoms with Crippen molar-refractivity contribution >= 4 is 11.3 Å². The summed E-state index contributed by atoms with van der Waals surface area (Å²) in [6.45, 7) is 5.28. The van der Waals surface area contributed by atoms with Gasteiger partial charge >= 0.3 is 0 Å². The molecule has 1 aromatic carbocycles. The zero-order valence-corrected chi connectivity index (χ0v) is 13.1. The third-order valence-electron chi connectivity index (χ3n) is 3.89. The highest BCUT2D eigenvalue weighted by Gasteiger charge is 2.21. The van der Waals surface area contributed by atoms with Crippen molar-refractivity contribution in [1.29, 1.82) is 0 Å². The molecule has 2 nitrogen and oxygen atoms in total. The summed E-state index contributed by atoms with van der Waals surface area (Å²) in [5, 5.41) is 4.84. The molecular formula is C17H22N2S. The Morgan fingerprint density at radius 1 is 1.30 bits per heavy atom. The molecule has 1 N–H and O–H groups in total. The van der Waals surface area contributed by atoms with Gasteiger partial charge in [-0.2, -0.15) is 0 Å². The Kier molecular flexibility index (Phi) is 4.18. The van der Waals surface area contributed by atoms with Gasteiger partial charge in [0.1, 0.15) is 5.01 Å². The van der Waals surface area contributed by atoms with Crippen LogP contribution in [0.4, 0.5) is 0 Å². The van der Waals surface area contributed by atoms with Crippen molar-refractivity contribution in [2.45, 2.75) is 45.6 Å². The number of nitrogens with one attached hydrogen (secondary N) is 1. The van der Waals surface area contributed by atoms with E-state index in [9.17, 15) is 0 Å². The summed E-state index contributed by atoms with van der Waals surface area (Å²) in [5.74, 6) is 0. The van der Waals surface area contributed by atoms with E-state index in [1.54, 1.807) is 0 Å². The second-order valence-electron chi connectivity index (χ2n) is 5.53. The Bertz CT molecular complexity index is 565. The lowest BCUT2D eigenvalue weighted by atomic mass is 10.0. The minimum absolute atomic E-state index is 0.246. The molecule has 106 valence electrons. The van der Waals surface area contributed by atoms with E-state index >= 15 is 0 Å². The number of aromatic nitrogens is 1. The number of thiazole rings is 1. The molecule has 1 aromatic heterocycles. The molecule has 1 heterocycles. The fraction of sp³-hybridized carbons (Fsp3) is 0.471. The standard InChI is InChI=1S/C17H22N2S/c1-3-18-16(13-8-6-7-12(2)11-13)17-19-14-9-4-5-10-15(14)20-17/h6-8,11,16,18H,3-5,9-10H2,1-2H3. The number of rotatable bonds is 4. The maximum Gasteiger partial charge on any atom is 0.115 e. The van der Waals surface area contributed by atoms with Crippen molar-refractivity contribution in [2.24, 2.45) is 0 Å². The van der Waals surface area contributed by atoms with Gasteiger partial charge in [-0.15, -0.1) is 11.3 Å². The number of benzene rings is 1.